The largest absolute Gasteiger partial charge is 0.497 e. The van der Waals surface area contributed by atoms with E-state index in [1.54, 1.807) is 37.1 Å². The van der Waals surface area contributed by atoms with Crippen LogP contribution in [0.2, 0.25) is 5.02 Å². The number of hydrogen-bond acceptors (Lipinski definition) is 5. The number of aryl methyl sites for hydroxylation is 1. The summed E-state index contributed by atoms with van der Waals surface area (Å²) in [5.41, 5.74) is 2.35. The molecule has 9 heteroatoms. The van der Waals surface area contributed by atoms with Crippen LogP contribution >= 0.6 is 11.6 Å². The van der Waals surface area contributed by atoms with Crippen LogP contribution in [0, 0.1) is 0 Å². The molecule has 3 aromatic rings. The Kier molecular flexibility index (Phi) is 6.32. The number of carbonyl (C=O) groups is 2. The fraction of sp³-hybridized carbons (Fsp3) is 0.261. The molecule has 0 saturated carbocycles. The smallest absolute Gasteiger partial charge is 0.240 e. The van der Waals surface area contributed by atoms with Crippen LogP contribution in [0.4, 0.5) is 5.82 Å². The van der Waals surface area contributed by atoms with Gasteiger partial charge in [-0.2, -0.15) is 5.10 Å². The topological polar surface area (TPSA) is 85.7 Å². The van der Waals surface area contributed by atoms with Crippen molar-refractivity contribution >= 4 is 29.2 Å². The third-order valence-corrected chi connectivity index (χ3v) is 5.50. The van der Waals surface area contributed by atoms with Crippen LogP contribution in [0.3, 0.4) is 0 Å². The van der Waals surface area contributed by atoms with E-state index in [0.29, 0.717) is 34.6 Å². The summed E-state index contributed by atoms with van der Waals surface area (Å²) in [7, 11) is 3.14. The Balaban J connectivity index is 1.48. The zero-order valence-electron chi connectivity index (χ0n) is 17.8. The Morgan fingerprint density at radius 2 is 2.00 bits per heavy atom. The molecule has 2 aromatic carbocycles. The first-order chi connectivity index (χ1) is 15.5. The van der Waals surface area contributed by atoms with Gasteiger partial charge in [0.1, 0.15) is 23.9 Å². The highest BCUT2D eigenvalue weighted by molar-refractivity contribution is 6.30. The summed E-state index contributed by atoms with van der Waals surface area (Å²) in [6.45, 7) is 0.634. The van der Waals surface area contributed by atoms with E-state index >= 15 is 0 Å². The highest BCUT2D eigenvalue weighted by Crippen LogP contribution is 2.29. The number of aromatic nitrogens is 2. The van der Waals surface area contributed by atoms with Crippen LogP contribution in [-0.4, -0.2) is 42.4 Å². The standard InChI is InChI=1S/C23H23ClN4O4/c1-31-18-7-6-16(20(11-18)32-2)13-25-21(29)14-27-22-12-19(15-4-3-5-17(24)10-15)26-28(22)9-8-23(27)30/h3-7,10-12H,8-9,13-14H2,1-2H3,(H,25,29). The molecule has 0 fully saturated rings. The molecule has 166 valence electrons. The molecule has 1 aliphatic rings. The lowest BCUT2D eigenvalue weighted by Crippen LogP contribution is -2.44. The number of nitrogens with one attached hydrogen (secondary N) is 1. The normalized spacial score (nSPS) is 13.0. The lowest BCUT2D eigenvalue weighted by atomic mass is 10.1. The first kappa shape index (κ1) is 21.7. The number of hydrogen-bond donors (Lipinski definition) is 1. The Labute approximate surface area is 190 Å². The van der Waals surface area contributed by atoms with Gasteiger partial charge in [-0.15, -0.1) is 0 Å². The fourth-order valence-corrected chi connectivity index (χ4v) is 3.79. The predicted molar refractivity (Wildman–Crippen MR) is 121 cm³/mol. The molecule has 0 radical (unpaired) electrons. The number of methoxy groups -OCH3 is 2. The van der Waals surface area contributed by atoms with Gasteiger partial charge >= 0.3 is 0 Å². The number of carbonyl (C=O) groups excluding carboxylic acids is 2. The monoisotopic (exact) mass is 454 g/mol. The van der Waals surface area contributed by atoms with E-state index < -0.39 is 0 Å². The molecule has 0 aliphatic carbocycles. The van der Waals surface area contributed by atoms with Gasteiger partial charge in [0.05, 0.1) is 26.5 Å². The van der Waals surface area contributed by atoms with Gasteiger partial charge in [-0.3, -0.25) is 14.5 Å². The number of amides is 2. The van der Waals surface area contributed by atoms with E-state index in [1.165, 1.54) is 4.90 Å². The molecule has 0 saturated heterocycles. The van der Waals surface area contributed by atoms with Crippen LogP contribution in [0.1, 0.15) is 12.0 Å². The van der Waals surface area contributed by atoms with Crippen molar-refractivity contribution in [1.29, 1.82) is 0 Å². The van der Waals surface area contributed by atoms with Gasteiger partial charge in [0.15, 0.2) is 0 Å². The number of benzene rings is 2. The number of ether oxygens (including phenoxy) is 2. The van der Waals surface area contributed by atoms with Gasteiger partial charge in [-0.25, -0.2) is 4.68 Å². The average Bonchev–Trinajstić information content (AvgIpc) is 3.24. The second kappa shape index (κ2) is 9.32. The number of nitrogens with zero attached hydrogens (tertiary/aromatic N) is 3. The van der Waals surface area contributed by atoms with Crippen molar-refractivity contribution in [3.05, 3.63) is 59.1 Å². The molecule has 2 amide bonds. The number of halogens is 1. The van der Waals surface area contributed by atoms with Gasteiger partial charge in [0.25, 0.3) is 0 Å². The lowest BCUT2D eigenvalue weighted by molar-refractivity contribution is -0.124. The van der Waals surface area contributed by atoms with E-state index in [2.05, 4.69) is 10.4 Å². The minimum Gasteiger partial charge on any atom is -0.497 e. The highest BCUT2D eigenvalue weighted by atomic mass is 35.5. The van der Waals surface area contributed by atoms with Crippen molar-refractivity contribution in [2.75, 3.05) is 25.7 Å². The molecule has 1 aliphatic heterocycles. The third kappa shape index (κ3) is 4.55. The highest BCUT2D eigenvalue weighted by Gasteiger charge is 2.28. The first-order valence-corrected chi connectivity index (χ1v) is 10.5. The maximum atomic E-state index is 12.7. The van der Waals surface area contributed by atoms with Crippen molar-refractivity contribution in [1.82, 2.24) is 15.1 Å². The van der Waals surface area contributed by atoms with E-state index in [-0.39, 0.29) is 31.3 Å². The molecule has 0 spiro atoms. The number of rotatable bonds is 7. The van der Waals surface area contributed by atoms with E-state index in [9.17, 15) is 9.59 Å². The van der Waals surface area contributed by atoms with Gasteiger partial charge in [0.2, 0.25) is 11.8 Å². The summed E-state index contributed by atoms with van der Waals surface area (Å²) in [4.78, 5) is 26.7. The average molecular weight is 455 g/mol. The predicted octanol–water partition coefficient (Wildman–Crippen LogP) is 3.27. The Morgan fingerprint density at radius 3 is 2.75 bits per heavy atom. The number of fused-ring (bicyclic) bond motifs is 1. The fourth-order valence-electron chi connectivity index (χ4n) is 3.60. The minimum absolute atomic E-state index is 0.0992. The zero-order valence-corrected chi connectivity index (χ0v) is 18.6. The second-order valence-corrected chi connectivity index (χ2v) is 7.74. The molecule has 0 unspecified atom stereocenters. The molecule has 2 heterocycles. The van der Waals surface area contributed by atoms with Crippen molar-refractivity contribution in [2.24, 2.45) is 0 Å². The van der Waals surface area contributed by atoms with Gasteiger partial charge < -0.3 is 14.8 Å². The molecule has 1 N–H and O–H groups in total. The van der Waals surface area contributed by atoms with Crippen molar-refractivity contribution in [3.8, 4) is 22.8 Å². The second-order valence-electron chi connectivity index (χ2n) is 7.31. The molecular weight excluding hydrogens is 432 g/mol. The van der Waals surface area contributed by atoms with Crippen LogP contribution in [0.25, 0.3) is 11.3 Å². The van der Waals surface area contributed by atoms with Crippen LogP contribution in [0.15, 0.2) is 48.5 Å². The molecule has 0 bridgehead atoms. The molecule has 32 heavy (non-hydrogen) atoms. The summed E-state index contributed by atoms with van der Waals surface area (Å²) >= 11 is 6.10. The van der Waals surface area contributed by atoms with Gasteiger partial charge in [0, 0.05) is 41.2 Å². The summed E-state index contributed by atoms with van der Waals surface area (Å²) in [5, 5.41) is 8.05. The zero-order chi connectivity index (χ0) is 22.7. The summed E-state index contributed by atoms with van der Waals surface area (Å²) in [6.07, 6.45) is 0.281. The van der Waals surface area contributed by atoms with Crippen LogP contribution in [0.5, 0.6) is 11.5 Å². The molecule has 1 aromatic heterocycles. The van der Waals surface area contributed by atoms with Crippen LogP contribution in [-0.2, 0) is 22.7 Å². The maximum Gasteiger partial charge on any atom is 0.240 e. The molecule has 8 nitrogen and oxygen atoms in total. The van der Waals surface area contributed by atoms with Crippen molar-refractivity contribution in [2.45, 2.75) is 19.5 Å². The van der Waals surface area contributed by atoms with Gasteiger partial charge in [-0.1, -0.05) is 23.7 Å². The van der Waals surface area contributed by atoms with Crippen molar-refractivity contribution < 1.29 is 19.1 Å². The molecular formula is C23H23ClN4O4. The SMILES string of the molecule is COc1ccc(CNC(=O)CN2C(=O)CCn3nc(-c4cccc(Cl)c4)cc32)c(OC)c1. The third-order valence-electron chi connectivity index (χ3n) is 5.27. The summed E-state index contributed by atoms with van der Waals surface area (Å²) in [6, 6.07) is 14.6. The minimum atomic E-state index is -0.282. The van der Waals surface area contributed by atoms with E-state index in [0.717, 1.165) is 11.1 Å². The quantitative estimate of drug-likeness (QED) is 0.592. The van der Waals surface area contributed by atoms with E-state index in [1.807, 2.05) is 30.3 Å². The number of anilines is 1. The van der Waals surface area contributed by atoms with Crippen LogP contribution < -0.4 is 19.7 Å². The summed E-state index contributed by atoms with van der Waals surface area (Å²) in [5.74, 6) is 1.47. The van der Waals surface area contributed by atoms with E-state index in [4.69, 9.17) is 21.1 Å². The van der Waals surface area contributed by atoms with Crippen molar-refractivity contribution in [3.63, 3.8) is 0 Å². The lowest BCUT2D eigenvalue weighted by Gasteiger charge is -2.26. The summed E-state index contributed by atoms with van der Waals surface area (Å²) < 4.78 is 12.3. The van der Waals surface area contributed by atoms with Gasteiger partial charge in [-0.05, 0) is 24.3 Å². The Morgan fingerprint density at radius 1 is 1.16 bits per heavy atom. The Hall–Kier alpha value is -3.52. The first-order valence-electron chi connectivity index (χ1n) is 10.1. The molecule has 4 rings (SSSR count). The maximum absolute atomic E-state index is 12.7. The Bertz CT molecular complexity index is 1160. The molecule has 0 atom stereocenters.